The summed E-state index contributed by atoms with van der Waals surface area (Å²) in [6.45, 7) is 7.46. The lowest BCUT2D eigenvalue weighted by Gasteiger charge is -2.20. The van der Waals surface area contributed by atoms with E-state index >= 15 is 0 Å². The molecule has 0 aliphatic rings. The molecule has 2 N–H and O–H groups in total. The fourth-order valence-corrected chi connectivity index (χ4v) is 1.06. The number of methoxy groups -OCH3 is 1. The molecule has 0 fully saturated rings. The van der Waals surface area contributed by atoms with Crippen LogP contribution in [0.1, 0.15) is 20.8 Å². The largest absolute Gasteiger partial charge is 0.383 e. The van der Waals surface area contributed by atoms with Crippen molar-refractivity contribution in [3.05, 3.63) is 6.20 Å². The number of hydrogen-bond donors (Lipinski definition) is 2. The van der Waals surface area contributed by atoms with Gasteiger partial charge in [-0.3, -0.25) is 0 Å². The smallest absolute Gasteiger partial charge is 0.245 e. The summed E-state index contributed by atoms with van der Waals surface area (Å²) in [6.07, 6.45) is 1.59. The van der Waals surface area contributed by atoms with E-state index in [9.17, 15) is 0 Å². The van der Waals surface area contributed by atoms with Crippen molar-refractivity contribution in [1.29, 1.82) is 0 Å². The van der Waals surface area contributed by atoms with E-state index in [0.29, 0.717) is 24.9 Å². The van der Waals surface area contributed by atoms with Crippen molar-refractivity contribution in [2.75, 3.05) is 30.9 Å². The van der Waals surface area contributed by atoms with Crippen molar-refractivity contribution in [3.63, 3.8) is 0 Å². The Kier molecular flexibility index (Phi) is 4.42. The third kappa shape index (κ3) is 4.88. The summed E-state index contributed by atoms with van der Waals surface area (Å²) < 4.78 is 4.93. The molecule has 1 rings (SSSR count). The van der Waals surface area contributed by atoms with Crippen LogP contribution in [0.5, 0.6) is 0 Å². The van der Waals surface area contributed by atoms with Crippen molar-refractivity contribution in [1.82, 2.24) is 15.2 Å². The minimum atomic E-state index is -0.0766. The molecule has 0 aliphatic carbocycles. The van der Waals surface area contributed by atoms with Crippen molar-refractivity contribution in [2.24, 2.45) is 0 Å². The van der Waals surface area contributed by atoms with Crippen LogP contribution in [0.4, 0.5) is 11.8 Å². The SMILES string of the molecule is COCCNc1cnnc(NC(C)(C)C)n1. The Hall–Kier alpha value is -1.43. The summed E-state index contributed by atoms with van der Waals surface area (Å²) in [5.74, 6) is 1.22. The topological polar surface area (TPSA) is 72.0 Å². The van der Waals surface area contributed by atoms with Gasteiger partial charge in [0.1, 0.15) is 0 Å². The van der Waals surface area contributed by atoms with Gasteiger partial charge in [0.25, 0.3) is 0 Å². The molecule has 0 aromatic carbocycles. The third-order valence-corrected chi connectivity index (χ3v) is 1.66. The highest BCUT2D eigenvalue weighted by Gasteiger charge is 2.11. The Morgan fingerprint density at radius 2 is 2.12 bits per heavy atom. The highest BCUT2D eigenvalue weighted by atomic mass is 16.5. The molecular weight excluding hydrogens is 206 g/mol. The van der Waals surface area contributed by atoms with Crippen LogP contribution in [0, 0.1) is 0 Å². The van der Waals surface area contributed by atoms with Gasteiger partial charge >= 0.3 is 0 Å². The summed E-state index contributed by atoms with van der Waals surface area (Å²) in [5, 5.41) is 14.0. The standard InChI is InChI=1S/C10H19N5O/c1-10(2,3)14-9-13-8(7-12-15-9)11-5-6-16-4/h7H,5-6H2,1-4H3,(H2,11,13,14,15). The second kappa shape index (κ2) is 5.60. The van der Waals surface area contributed by atoms with Gasteiger partial charge in [0.05, 0.1) is 12.8 Å². The maximum atomic E-state index is 4.93. The minimum absolute atomic E-state index is 0.0766. The lowest BCUT2D eigenvalue weighted by Crippen LogP contribution is -2.27. The van der Waals surface area contributed by atoms with Crippen LogP contribution >= 0.6 is 0 Å². The first-order valence-electron chi connectivity index (χ1n) is 5.22. The van der Waals surface area contributed by atoms with Gasteiger partial charge in [-0.2, -0.15) is 10.1 Å². The molecule has 0 bridgehead atoms. The van der Waals surface area contributed by atoms with Crippen molar-refractivity contribution >= 4 is 11.8 Å². The molecule has 90 valence electrons. The van der Waals surface area contributed by atoms with Crippen LogP contribution in [0.3, 0.4) is 0 Å². The van der Waals surface area contributed by atoms with Gasteiger partial charge in [0, 0.05) is 19.2 Å². The number of rotatable bonds is 5. The normalized spacial score (nSPS) is 11.2. The van der Waals surface area contributed by atoms with Gasteiger partial charge in [-0.05, 0) is 20.8 Å². The van der Waals surface area contributed by atoms with Crippen LogP contribution in [0.2, 0.25) is 0 Å². The summed E-state index contributed by atoms with van der Waals surface area (Å²) >= 11 is 0. The summed E-state index contributed by atoms with van der Waals surface area (Å²) in [5.41, 5.74) is -0.0766. The van der Waals surface area contributed by atoms with E-state index < -0.39 is 0 Å². The molecule has 0 spiro atoms. The molecule has 0 radical (unpaired) electrons. The van der Waals surface area contributed by atoms with Gasteiger partial charge < -0.3 is 15.4 Å². The molecule has 6 heteroatoms. The maximum Gasteiger partial charge on any atom is 0.245 e. The van der Waals surface area contributed by atoms with Crippen LogP contribution in [-0.2, 0) is 4.74 Å². The Morgan fingerprint density at radius 3 is 2.75 bits per heavy atom. The van der Waals surface area contributed by atoms with Crippen molar-refractivity contribution in [3.8, 4) is 0 Å². The number of nitrogens with one attached hydrogen (secondary N) is 2. The highest BCUT2D eigenvalue weighted by molar-refractivity contribution is 5.37. The average Bonchev–Trinajstić information content (AvgIpc) is 2.16. The average molecular weight is 225 g/mol. The van der Waals surface area contributed by atoms with Gasteiger partial charge in [0.2, 0.25) is 5.95 Å². The summed E-state index contributed by atoms with van der Waals surface area (Å²) in [4.78, 5) is 4.28. The fourth-order valence-electron chi connectivity index (χ4n) is 1.06. The first kappa shape index (κ1) is 12.6. The molecule has 1 aromatic rings. The fraction of sp³-hybridized carbons (Fsp3) is 0.700. The Bertz CT molecular complexity index is 323. The van der Waals surface area contributed by atoms with Crippen LogP contribution in [-0.4, -0.2) is 41.0 Å². The first-order chi connectivity index (χ1) is 7.51. The summed E-state index contributed by atoms with van der Waals surface area (Å²) in [7, 11) is 1.66. The number of hydrogen-bond acceptors (Lipinski definition) is 6. The third-order valence-electron chi connectivity index (χ3n) is 1.66. The number of anilines is 2. The van der Waals surface area contributed by atoms with Crippen LogP contribution < -0.4 is 10.6 Å². The number of aromatic nitrogens is 3. The molecule has 0 aliphatic heterocycles. The molecule has 0 unspecified atom stereocenters. The predicted octanol–water partition coefficient (Wildman–Crippen LogP) is 1.14. The maximum absolute atomic E-state index is 4.93. The number of nitrogens with zero attached hydrogens (tertiary/aromatic N) is 3. The van der Waals surface area contributed by atoms with E-state index in [1.165, 1.54) is 0 Å². The Labute approximate surface area is 95.8 Å². The monoisotopic (exact) mass is 225 g/mol. The van der Waals surface area contributed by atoms with Gasteiger partial charge in [-0.25, -0.2) is 0 Å². The number of ether oxygens (including phenoxy) is 1. The zero-order valence-electron chi connectivity index (χ0n) is 10.2. The molecule has 1 aromatic heterocycles. The second-order valence-corrected chi connectivity index (χ2v) is 4.46. The molecule has 1 heterocycles. The van der Waals surface area contributed by atoms with Gasteiger partial charge in [0.15, 0.2) is 5.82 Å². The molecular formula is C10H19N5O. The second-order valence-electron chi connectivity index (χ2n) is 4.46. The van der Waals surface area contributed by atoms with Gasteiger partial charge in [-0.15, -0.1) is 5.10 Å². The quantitative estimate of drug-likeness (QED) is 0.732. The first-order valence-corrected chi connectivity index (χ1v) is 5.22. The molecule has 0 saturated heterocycles. The van der Waals surface area contributed by atoms with Crippen LogP contribution in [0.25, 0.3) is 0 Å². The molecule has 0 saturated carbocycles. The lowest BCUT2D eigenvalue weighted by molar-refractivity contribution is 0.210. The molecule has 6 nitrogen and oxygen atoms in total. The Morgan fingerprint density at radius 1 is 1.38 bits per heavy atom. The van der Waals surface area contributed by atoms with E-state index in [1.54, 1.807) is 13.3 Å². The molecule has 0 atom stereocenters. The Balaban J connectivity index is 2.57. The van der Waals surface area contributed by atoms with E-state index in [4.69, 9.17) is 4.74 Å². The zero-order valence-corrected chi connectivity index (χ0v) is 10.2. The molecule has 16 heavy (non-hydrogen) atoms. The van der Waals surface area contributed by atoms with Crippen LogP contribution in [0.15, 0.2) is 6.20 Å². The van der Waals surface area contributed by atoms with E-state index in [1.807, 2.05) is 20.8 Å². The van der Waals surface area contributed by atoms with E-state index in [-0.39, 0.29) is 5.54 Å². The predicted molar refractivity (Wildman–Crippen MR) is 63.6 cm³/mol. The van der Waals surface area contributed by atoms with Gasteiger partial charge in [-0.1, -0.05) is 0 Å². The van der Waals surface area contributed by atoms with E-state index in [0.717, 1.165) is 0 Å². The highest BCUT2D eigenvalue weighted by Crippen LogP contribution is 2.10. The van der Waals surface area contributed by atoms with Crippen molar-refractivity contribution < 1.29 is 4.74 Å². The summed E-state index contributed by atoms with van der Waals surface area (Å²) in [6, 6.07) is 0. The zero-order chi connectivity index (χ0) is 12.0. The van der Waals surface area contributed by atoms with Crippen molar-refractivity contribution in [2.45, 2.75) is 26.3 Å². The lowest BCUT2D eigenvalue weighted by atomic mass is 10.1. The molecule has 0 amide bonds. The van der Waals surface area contributed by atoms with E-state index in [2.05, 4.69) is 25.8 Å². The minimum Gasteiger partial charge on any atom is -0.383 e.